The van der Waals surface area contributed by atoms with E-state index in [-0.39, 0.29) is 6.04 Å². The number of nitrogens with two attached hydrogens (primary N) is 1. The summed E-state index contributed by atoms with van der Waals surface area (Å²) >= 11 is 1.87. The van der Waals surface area contributed by atoms with Crippen LogP contribution in [0.5, 0.6) is 0 Å². The number of hydrogen-bond acceptors (Lipinski definition) is 3. The Morgan fingerprint density at radius 2 is 1.94 bits per heavy atom. The molecule has 0 spiro atoms. The molecule has 0 saturated heterocycles. The number of aryl methyl sites for hydroxylation is 2. The maximum atomic E-state index is 6.25. The van der Waals surface area contributed by atoms with Gasteiger partial charge >= 0.3 is 0 Å². The molecule has 0 aliphatic heterocycles. The number of hydrogen-bond donors (Lipinski definition) is 1. The fourth-order valence-corrected chi connectivity index (χ4v) is 3.71. The lowest BCUT2D eigenvalue weighted by atomic mass is 10.0. The number of nitrogens with zero attached hydrogens (tertiary/aromatic N) is 1. The van der Waals surface area contributed by atoms with Crippen molar-refractivity contribution in [3.63, 3.8) is 0 Å². The summed E-state index contributed by atoms with van der Waals surface area (Å²) in [6, 6.07) is 10.4. The van der Waals surface area contributed by atoms with Crippen molar-refractivity contribution >= 4 is 11.3 Å². The minimum atomic E-state index is 0.0683. The van der Waals surface area contributed by atoms with Crippen LogP contribution in [0.25, 0.3) is 0 Å². The monoisotopic (exact) mass is 258 g/mol. The van der Waals surface area contributed by atoms with Gasteiger partial charge in [-0.3, -0.25) is 0 Å². The highest BCUT2D eigenvalue weighted by Crippen LogP contribution is 2.28. The molecule has 0 bridgehead atoms. The van der Waals surface area contributed by atoms with Crippen LogP contribution in [-0.2, 0) is 19.3 Å². The van der Waals surface area contributed by atoms with Gasteiger partial charge in [-0.05, 0) is 31.2 Å². The number of fused-ring (bicyclic) bond motifs is 1. The van der Waals surface area contributed by atoms with Gasteiger partial charge in [0.05, 0.1) is 10.7 Å². The van der Waals surface area contributed by atoms with Crippen molar-refractivity contribution in [2.45, 2.75) is 38.1 Å². The molecule has 0 fully saturated rings. The predicted octanol–water partition coefficient (Wildman–Crippen LogP) is 3.26. The van der Waals surface area contributed by atoms with Gasteiger partial charge in [0.25, 0.3) is 0 Å². The largest absolute Gasteiger partial charge is 0.324 e. The molecule has 3 heteroatoms. The molecule has 1 aliphatic carbocycles. The van der Waals surface area contributed by atoms with Crippen molar-refractivity contribution < 1.29 is 0 Å². The van der Waals surface area contributed by atoms with Gasteiger partial charge in [0.2, 0.25) is 0 Å². The first kappa shape index (κ1) is 11.9. The summed E-state index contributed by atoms with van der Waals surface area (Å²) in [4.78, 5) is 6.25. The molecule has 1 aromatic heterocycles. The first-order valence-electron chi connectivity index (χ1n) is 6.61. The number of benzene rings is 1. The fourth-order valence-electron chi connectivity index (χ4n) is 2.50. The second kappa shape index (κ2) is 5.21. The second-order valence-corrected chi connectivity index (χ2v) is 6.07. The summed E-state index contributed by atoms with van der Waals surface area (Å²) in [6.45, 7) is 0. The quantitative estimate of drug-likeness (QED) is 0.917. The van der Waals surface area contributed by atoms with E-state index in [9.17, 15) is 0 Å². The van der Waals surface area contributed by atoms with Gasteiger partial charge in [-0.25, -0.2) is 4.98 Å². The van der Waals surface area contributed by atoms with E-state index in [1.165, 1.54) is 40.4 Å². The van der Waals surface area contributed by atoms with E-state index >= 15 is 0 Å². The van der Waals surface area contributed by atoms with E-state index < -0.39 is 0 Å². The molecule has 2 aromatic rings. The van der Waals surface area contributed by atoms with Crippen molar-refractivity contribution in [1.29, 1.82) is 0 Å². The summed E-state index contributed by atoms with van der Waals surface area (Å²) in [7, 11) is 0. The molecule has 0 amide bonds. The molecule has 1 heterocycles. The molecule has 1 unspecified atom stereocenters. The maximum absolute atomic E-state index is 6.25. The van der Waals surface area contributed by atoms with Crippen molar-refractivity contribution in [2.75, 3.05) is 0 Å². The summed E-state index contributed by atoms with van der Waals surface area (Å²) in [5, 5.41) is 1.21. The van der Waals surface area contributed by atoms with Crippen LogP contribution in [0.4, 0.5) is 0 Å². The van der Waals surface area contributed by atoms with Gasteiger partial charge in [0, 0.05) is 17.3 Å². The van der Waals surface area contributed by atoms with Crippen LogP contribution in [0, 0.1) is 0 Å². The summed E-state index contributed by atoms with van der Waals surface area (Å²) in [5.41, 5.74) is 8.79. The Bertz CT molecular complexity index is 495. The van der Waals surface area contributed by atoms with Crippen LogP contribution >= 0.6 is 11.3 Å². The average Bonchev–Trinajstić information content (AvgIpc) is 2.82. The zero-order valence-corrected chi connectivity index (χ0v) is 11.2. The lowest BCUT2D eigenvalue weighted by molar-refractivity contribution is 0.674. The highest BCUT2D eigenvalue weighted by Gasteiger charge is 2.16. The Labute approximate surface area is 112 Å². The zero-order valence-electron chi connectivity index (χ0n) is 10.4. The highest BCUT2D eigenvalue weighted by atomic mass is 32.1. The fraction of sp³-hybridized carbons (Fsp3) is 0.400. The van der Waals surface area contributed by atoms with E-state index in [1.807, 2.05) is 29.5 Å². The molecule has 0 saturated carbocycles. The molecule has 2 nitrogen and oxygen atoms in total. The van der Waals surface area contributed by atoms with Crippen LogP contribution in [-0.4, -0.2) is 4.98 Å². The van der Waals surface area contributed by atoms with E-state index in [0.29, 0.717) is 0 Å². The van der Waals surface area contributed by atoms with Gasteiger partial charge in [-0.2, -0.15) is 0 Å². The lowest BCUT2D eigenvalue weighted by Gasteiger charge is -2.09. The van der Waals surface area contributed by atoms with Gasteiger partial charge in [0.15, 0.2) is 0 Å². The Hall–Kier alpha value is -1.19. The first-order chi connectivity index (χ1) is 8.83. The molecule has 1 aliphatic rings. The average molecular weight is 258 g/mol. The molecular weight excluding hydrogens is 240 g/mol. The summed E-state index contributed by atoms with van der Waals surface area (Å²) < 4.78 is 0. The Kier molecular flexibility index (Phi) is 3.43. The van der Waals surface area contributed by atoms with Gasteiger partial charge in [-0.1, -0.05) is 30.3 Å². The predicted molar refractivity (Wildman–Crippen MR) is 75.8 cm³/mol. The third-order valence-electron chi connectivity index (χ3n) is 3.51. The van der Waals surface area contributed by atoms with E-state index in [0.717, 1.165) is 12.8 Å². The van der Waals surface area contributed by atoms with E-state index in [1.54, 1.807) is 0 Å². The van der Waals surface area contributed by atoms with Crippen LogP contribution in [0.15, 0.2) is 30.3 Å². The zero-order chi connectivity index (χ0) is 12.4. The van der Waals surface area contributed by atoms with Crippen LogP contribution in [0.2, 0.25) is 0 Å². The number of thiazole rings is 1. The SMILES string of the molecule is NC(Cc1nc2c(s1)CCCC2)c1ccccc1. The highest BCUT2D eigenvalue weighted by molar-refractivity contribution is 7.11. The van der Waals surface area contributed by atoms with Gasteiger partial charge in [-0.15, -0.1) is 11.3 Å². The molecule has 1 atom stereocenters. The van der Waals surface area contributed by atoms with Crippen molar-refractivity contribution in [2.24, 2.45) is 5.73 Å². The third-order valence-corrected chi connectivity index (χ3v) is 4.69. The van der Waals surface area contributed by atoms with Crippen molar-refractivity contribution in [1.82, 2.24) is 4.98 Å². The maximum Gasteiger partial charge on any atom is 0.0950 e. The van der Waals surface area contributed by atoms with Crippen LogP contribution < -0.4 is 5.73 Å². The Balaban J connectivity index is 1.74. The molecule has 0 radical (unpaired) electrons. The van der Waals surface area contributed by atoms with Crippen LogP contribution in [0.1, 0.15) is 40.0 Å². The second-order valence-electron chi connectivity index (χ2n) is 4.91. The van der Waals surface area contributed by atoms with E-state index in [2.05, 4.69) is 12.1 Å². The first-order valence-corrected chi connectivity index (χ1v) is 7.42. The minimum absolute atomic E-state index is 0.0683. The summed E-state index contributed by atoms with van der Waals surface area (Å²) in [5.74, 6) is 0. The third kappa shape index (κ3) is 2.47. The standard InChI is InChI=1S/C15H18N2S/c16-12(11-6-2-1-3-7-11)10-15-17-13-8-4-5-9-14(13)18-15/h1-3,6-7,12H,4-5,8-10,16H2. The Morgan fingerprint density at radius 1 is 1.17 bits per heavy atom. The summed E-state index contributed by atoms with van der Waals surface area (Å²) in [6.07, 6.45) is 5.85. The molecule has 94 valence electrons. The normalized spacial score (nSPS) is 16.3. The lowest BCUT2D eigenvalue weighted by Crippen LogP contribution is -2.13. The minimum Gasteiger partial charge on any atom is -0.324 e. The number of rotatable bonds is 3. The molecule has 2 N–H and O–H groups in total. The molecule has 1 aromatic carbocycles. The molecular formula is C15H18N2S. The van der Waals surface area contributed by atoms with Gasteiger partial charge < -0.3 is 5.73 Å². The van der Waals surface area contributed by atoms with E-state index in [4.69, 9.17) is 10.7 Å². The number of aromatic nitrogens is 1. The van der Waals surface area contributed by atoms with Gasteiger partial charge in [0.1, 0.15) is 0 Å². The topological polar surface area (TPSA) is 38.9 Å². The van der Waals surface area contributed by atoms with Crippen molar-refractivity contribution in [3.8, 4) is 0 Å². The molecule has 18 heavy (non-hydrogen) atoms. The Morgan fingerprint density at radius 3 is 2.72 bits per heavy atom. The van der Waals surface area contributed by atoms with Crippen LogP contribution in [0.3, 0.4) is 0 Å². The smallest absolute Gasteiger partial charge is 0.0950 e. The molecule has 3 rings (SSSR count). The van der Waals surface area contributed by atoms with Crippen molar-refractivity contribution in [3.05, 3.63) is 51.5 Å².